The zero-order chi connectivity index (χ0) is 11.3. The Bertz CT molecular complexity index is 312. The lowest BCUT2D eigenvalue weighted by molar-refractivity contribution is -0.137. The smallest absolute Gasteiger partial charge is 0.325 e. The number of carbonyl (C=O) groups excluding carboxylic acids is 1. The predicted molar refractivity (Wildman–Crippen MR) is 55.8 cm³/mol. The van der Waals surface area contributed by atoms with E-state index in [-0.39, 0.29) is 13.0 Å². The van der Waals surface area contributed by atoms with Crippen LogP contribution in [0.25, 0.3) is 0 Å². The Labute approximate surface area is 90.2 Å². The number of nitrogens with one attached hydrogen (secondary N) is 1. The van der Waals surface area contributed by atoms with E-state index in [0.29, 0.717) is 6.54 Å². The Morgan fingerprint density at radius 1 is 1.47 bits per heavy atom. The standard InChI is InChI=1S/C9H17NO4S/c1-2-3-4-6-10-15(12,13)8-5-7-14-9(8)11/h8,10H,2-7H2,1H3. The SMILES string of the molecule is CCCCCNS(=O)(=O)C1CCOC1=O. The van der Waals surface area contributed by atoms with Gasteiger partial charge in [-0.15, -0.1) is 0 Å². The highest BCUT2D eigenvalue weighted by Crippen LogP contribution is 2.14. The zero-order valence-corrected chi connectivity index (χ0v) is 9.68. The van der Waals surface area contributed by atoms with E-state index >= 15 is 0 Å². The van der Waals surface area contributed by atoms with Crippen LogP contribution in [0.4, 0.5) is 0 Å². The van der Waals surface area contributed by atoms with Gasteiger partial charge in [-0.1, -0.05) is 19.8 Å². The number of esters is 1. The summed E-state index contributed by atoms with van der Waals surface area (Å²) in [6.45, 7) is 2.65. The van der Waals surface area contributed by atoms with Crippen molar-refractivity contribution in [2.45, 2.75) is 37.9 Å². The molecular weight excluding hydrogens is 218 g/mol. The molecule has 1 fully saturated rings. The van der Waals surface area contributed by atoms with Gasteiger partial charge >= 0.3 is 5.97 Å². The quantitative estimate of drug-likeness (QED) is 0.534. The second kappa shape index (κ2) is 5.46. The summed E-state index contributed by atoms with van der Waals surface area (Å²) in [7, 11) is -3.51. The molecule has 1 atom stereocenters. The van der Waals surface area contributed by atoms with Crippen molar-refractivity contribution in [1.82, 2.24) is 4.72 Å². The Morgan fingerprint density at radius 3 is 2.73 bits per heavy atom. The molecule has 6 heteroatoms. The second-order valence-corrected chi connectivity index (χ2v) is 5.54. The molecular formula is C9H17NO4S. The molecule has 1 rings (SSSR count). The predicted octanol–water partition coefficient (Wildman–Crippen LogP) is 0.412. The van der Waals surface area contributed by atoms with Gasteiger partial charge in [0.15, 0.2) is 5.25 Å². The average molecular weight is 235 g/mol. The minimum Gasteiger partial charge on any atom is -0.465 e. The summed E-state index contributed by atoms with van der Waals surface area (Å²) < 4.78 is 30.2. The lowest BCUT2D eigenvalue weighted by Gasteiger charge is -2.09. The lowest BCUT2D eigenvalue weighted by Crippen LogP contribution is -2.37. The highest BCUT2D eigenvalue weighted by Gasteiger charge is 2.37. The van der Waals surface area contributed by atoms with Crippen LogP contribution in [-0.2, 0) is 19.6 Å². The number of hydrogen-bond donors (Lipinski definition) is 1. The minimum absolute atomic E-state index is 0.208. The normalized spacial score (nSPS) is 21.7. The largest absolute Gasteiger partial charge is 0.465 e. The molecule has 1 heterocycles. The third-order valence-corrected chi connectivity index (χ3v) is 4.13. The van der Waals surface area contributed by atoms with Crippen LogP contribution in [0.2, 0.25) is 0 Å². The fourth-order valence-electron chi connectivity index (χ4n) is 1.45. The minimum atomic E-state index is -3.51. The summed E-state index contributed by atoms with van der Waals surface area (Å²) in [6.07, 6.45) is 3.09. The summed E-state index contributed by atoms with van der Waals surface area (Å²) in [6, 6.07) is 0. The first-order valence-corrected chi connectivity index (χ1v) is 6.77. The number of ether oxygens (including phenoxy) is 1. The van der Waals surface area contributed by atoms with Crippen molar-refractivity contribution in [3.8, 4) is 0 Å². The van der Waals surface area contributed by atoms with Gasteiger partial charge in [0.2, 0.25) is 10.0 Å². The van der Waals surface area contributed by atoms with Crippen LogP contribution in [0.1, 0.15) is 32.6 Å². The van der Waals surface area contributed by atoms with E-state index in [1.807, 2.05) is 6.92 Å². The summed E-state index contributed by atoms with van der Waals surface area (Å²) in [5.41, 5.74) is 0. The monoisotopic (exact) mass is 235 g/mol. The van der Waals surface area contributed by atoms with Crippen LogP contribution >= 0.6 is 0 Å². The van der Waals surface area contributed by atoms with E-state index in [1.54, 1.807) is 0 Å². The number of rotatable bonds is 6. The zero-order valence-electron chi connectivity index (χ0n) is 8.86. The number of cyclic esters (lactones) is 1. The van der Waals surface area contributed by atoms with Crippen LogP contribution in [0.15, 0.2) is 0 Å². The van der Waals surface area contributed by atoms with Crippen molar-refractivity contribution < 1.29 is 17.9 Å². The van der Waals surface area contributed by atoms with Crippen molar-refractivity contribution in [2.75, 3.05) is 13.2 Å². The van der Waals surface area contributed by atoms with E-state index in [9.17, 15) is 13.2 Å². The van der Waals surface area contributed by atoms with Gasteiger partial charge in [-0.05, 0) is 6.42 Å². The average Bonchev–Trinajstić information content (AvgIpc) is 2.60. The Kier molecular flexibility index (Phi) is 4.53. The van der Waals surface area contributed by atoms with Gasteiger partial charge < -0.3 is 4.74 Å². The molecule has 15 heavy (non-hydrogen) atoms. The molecule has 0 aromatic carbocycles. The van der Waals surface area contributed by atoms with E-state index in [2.05, 4.69) is 9.46 Å². The van der Waals surface area contributed by atoms with Crippen LogP contribution in [0, 0.1) is 0 Å². The molecule has 1 aliphatic heterocycles. The molecule has 0 aliphatic carbocycles. The van der Waals surface area contributed by atoms with Gasteiger partial charge in [0.05, 0.1) is 6.61 Å². The molecule has 0 aromatic rings. The first-order chi connectivity index (χ1) is 7.08. The number of carbonyl (C=O) groups is 1. The van der Waals surface area contributed by atoms with Gasteiger partial charge in [0, 0.05) is 13.0 Å². The van der Waals surface area contributed by atoms with Crippen molar-refractivity contribution in [1.29, 1.82) is 0 Å². The number of unbranched alkanes of at least 4 members (excludes halogenated alkanes) is 2. The molecule has 0 radical (unpaired) electrons. The van der Waals surface area contributed by atoms with Crippen molar-refractivity contribution >= 4 is 16.0 Å². The van der Waals surface area contributed by atoms with Gasteiger partial charge in [-0.2, -0.15) is 0 Å². The summed E-state index contributed by atoms with van der Waals surface area (Å²) in [5, 5.41) is -1.00. The third kappa shape index (κ3) is 3.46. The molecule has 1 N–H and O–H groups in total. The summed E-state index contributed by atoms with van der Waals surface area (Å²) in [5.74, 6) is -0.627. The lowest BCUT2D eigenvalue weighted by atomic mass is 10.3. The van der Waals surface area contributed by atoms with E-state index in [1.165, 1.54) is 0 Å². The topological polar surface area (TPSA) is 72.5 Å². The van der Waals surface area contributed by atoms with E-state index < -0.39 is 21.2 Å². The fourth-order valence-corrected chi connectivity index (χ4v) is 2.81. The maximum absolute atomic E-state index is 11.6. The van der Waals surface area contributed by atoms with Gasteiger partial charge in [-0.25, -0.2) is 13.1 Å². The number of sulfonamides is 1. The molecule has 1 saturated heterocycles. The van der Waals surface area contributed by atoms with E-state index in [0.717, 1.165) is 19.3 Å². The van der Waals surface area contributed by atoms with Crippen LogP contribution in [0.5, 0.6) is 0 Å². The molecule has 88 valence electrons. The molecule has 0 amide bonds. The van der Waals surface area contributed by atoms with Crippen molar-refractivity contribution in [3.63, 3.8) is 0 Å². The molecule has 0 saturated carbocycles. The summed E-state index contributed by atoms with van der Waals surface area (Å²) in [4.78, 5) is 11.1. The highest BCUT2D eigenvalue weighted by molar-refractivity contribution is 7.90. The Hall–Kier alpha value is -0.620. The van der Waals surface area contributed by atoms with Gasteiger partial charge in [-0.3, -0.25) is 4.79 Å². The fraction of sp³-hybridized carbons (Fsp3) is 0.889. The van der Waals surface area contributed by atoms with E-state index in [4.69, 9.17) is 0 Å². The summed E-state index contributed by atoms with van der Waals surface area (Å²) >= 11 is 0. The van der Waals surface area contributed by atoms with Gasteiger partial charge in [0.25, 0.3) is 0 Å². The Balaban J connectivity index is 2.41. The second-order valence-electron chi connectivity index (χ2n) is 3.59. The first-order valence-electron chi connectivity index (χ1n) is 5.23. The molecule has 0 spiro atoms. The Morgan fingerprint density at radius 2 is 2.20 bits per heavy atom. The van der Waals surface area contributed by atoms with Gasteiger partial charge in [0.1, 0.15) is 0 Å². The highest BCUT2D eigenvalue weighted by atomic mass is 32.2. The molecule has 1 unspecified atom stereocenters. The number of hydrogen-bond acceptors (Lipinski definition) is 4. The van der Waals surface area contributed by atoms with Crippen LogP contribution < -0.4 is 4.72 Å². The molecule has 0 bridgehead atoms. The maximum Gasteiger partial charge on any atom is 0.325 e. The van der Waals surface area contributed by atoms with Crippen molar-refractivity contribution in [2.24, 2.45) is 0 Å². The van der Waals surface area contributed by atoms with Crippen LogP contribution in [0.3, 0.4) is 0 Å². The third-order valence-electron chi connectivity index (χ3n) is 2.35. The molecule has 5 nitrogen and oxygen atoms in total. The first kappa shape index (κ1) is 12.4. The molecule has 1 aliphatic rings. The maximum atomic E-state index is 11.6. The van der Waals surface area contributed by atoms with Crippen LogP contribution in [-0.4, -0.2) is 32.8 Å². The molecule has 0 aromatic heterocycles. The van der Waals surface area contributed by atoms with Crippen molar-refractivity contribution in [3.05, 3.63) is 0 Å².